The van der Waals surface area contributed by atoms with Crippen LogP contribution in [0.15, 0.2) is 0 Å². The lowest BCUT2D eigenvalue weighted by molar-refractivity contribution is 0.290. The maximum absolute atomic E-state index is 3.63. The highest BCUT2D eigenvalue weighted by Crippen LogP contribution is 2.25. The maximum Gasteiger partial charge on any atom is -0.00203 e. The highest BCUT2D eigenvalue weighted by atomic mass is 14.8. The molecule has 0 fully saturated rings. The second-order valence-electron chi connectivity index (χ2n) is 6.35. The summed E-state index contributed by atoms with van der Waals surface area (Å²) >= 11 is 0. The Balaban J connectivity index is 4.08. The Morgan fingerprint density at radius 1 is 0.889 bits per heavy atom. The van der Waals surface area contributed by atoms with Gasteiger partial charge in [0.25, 0.3) is 0 Å². The highest BCUT2D eigenvalue weighted by molar-refractivity contribution is 4.70. The van der Waals surface area contributed by atoms with Crippen LogP contribution in [0.3, 0.4) is 0 Å². The minimum Gasteiger partial charge on any atom is -0.316 e. The largest absolute Gasteiger partial charge is 0.316 e. The van der Waals surface area contributed by atoms with Gasteiger partial charge in [-0.3, -0.25) is 0 Å². The van der Waals surface area contributed by atoms with Gasteiger partial charge < -0.3 is 5.32 Å². The van der Waals surface area contributed by atoms with Gasteiger partial charge in [-0.2, -0.15) is 0 Å². The SMILES string of the molecule is CCCCC(CC)CC(CNCCC)CC(C)C. The van der Waals surface area contributed by atoms with Gasteiger partial charge in [-0.25, -0.2) is 0 Å². The van der Waals surface area contributed by atoms with E-state index in [4.69, 9.17) is 0 Å². The Bertz CT molecular complexity index is 165. The van der Waals surface area contributed by atoms with E-state index in [2.05, 4.69) is 39.9 Å². The van der Waals surface area contributed by atoms with Crippen molar-refractivity contribution >= 4 is 0 Å². The molecule has 0 aromatic carbocycles. The van der Waals surface area contributed by atoms with Crippen LogP contribution in [0, 0.1) is 17.8 Å². The third-order valence-electron chi connectivity index (χ3n) is 3.87. The van der Waals surface area contributed by atoms with Crippen LogP contribution < -0.4 is 5.32 Å². The summed E-state index contributed by atoms with van der Waals surface area (Å²) in [5.41, 5.74) is 0. The standard InChI is InChI=1S/C17H37N/c1-6-9-10-16(8-3)13-17(12-15(4)5)14-18-11-7-2/h15-18H,6-14H2,1-5H3. The monoisotopic (exact) mass is 255 g/mol. The van der Waals surface area contributed by atoms with Crippen LogP contribution in [-0.4, -0.2) is 13.1 Å². The summed E-state index contributed by atoms with van der Waals surface area (Å²) in [6, 6.07) is 0. The maximum atomic E-state index is 3.63. The van der Waals surface area contributed by atoms with Crippen molar-refractivity contribution in [3.63, 3.8) is 0 Å². The fraction of sp³-hybridized carbons (Fsp3) is 1.00. The number of unbranched alkanes of at least 4 members (excludes halogenated alkanes) is 1. The molecule has 0 aliphatic carbocycles. The van der Waals surface area contributed by atoms with Gasteiger partial charge in [0.15, 0.2) is 0 Å². The van der Waals surface area contributed by atoms with Crippen LogP contribution in [0.25, 0.3) is 0 Å². The van der Waals surface area contributed by atoms with Crippen LogP contribution in [0.1, 0.15) is 79.6 Å². The molecule has 0 aliphatic rings. The van der Waals surface area contributed by atoms with Crippen molar-refractivity contribution in [2.24, 2.45) is 17.8 Å². The minimum atomic E-state index is 0.835. The molecule has 0 radical (unpaired) electrons. The molecule has 110 valence electrons. The Morgan fingerprint density at radius 3 is 2.11 bits per heavy atom. The van der Waals surface area contributed by atoms with Gasteiger partial charge in [0.2, 0.25) is 0 Å². The first-order valence-corrected chi connectivity index (χ1v) is 8.34. The molecule has 0 saturated carbocycles. The Labute approximate surface area is 116 Å². The smallest absolute Gasteiger partial charge is 0.00203 e. The predicted octanol–water partition coefficient (Wildman–Crippen LogP) is 5.25. The second kappa shape index (κ2) is 12.0. The van der Waals surface area contributed by atoms with Gasteiger partial charge in [-0.15, -0.1) is 0 Å². The molecule has 0 heterocycles. The van der Waals surface area contributed by atoms with Crippen LogP contribution >= 0.6 is 0 Å². The van der Waals surface area contributed by atoms with E-state index >= 15 is 0 Å². The second-order valence-corrected chi connectivity index (χ2v) is 6.35. The minimum absolute atomic E-state index is 0.835. The van der Waals surface area contributed by atoms with Gasteiger partial charge in [-0.05, 0) is 50.1 Å². The lowest BCUT2D eigenvalue weighted by atomic mass is 9.84. The van der Waals surface area contributed by atoms with E-state index in [1.165, 1.54) is 58.0 Å². The summed E-state index contributed by atoms with van der Waals surface area (Å²) in [6.07, 6.45) is 9.64. The van der Waals surface area contributed by atoms with E-state index in [1.807, 2.05) is 0 Å². The Kier molecular flexibility index (Phi) is 12.0. The molecular formula is C17H37N. The number of hydrogen-bond donors (Lipinski definition) is 1. The fourth-order valence-electron chi connectivity index (χ4n) is 2.87. The van der Waals surface area contributed by atoms with Crippen molar-refractivity contribution < 1.29 is 0 Å². The van der Waals surface area contributed by atoms with Crippen molar-refractivity contribution in [2.45, 2.75) is 79.6 Å². The molecule has 2 unspecified atom stereocenters. The third kappa shape index (κ3) is 9.94. The summed E-state index contributed by atoms with van der Waals surface area (Å²) in [5, 5.41) is 3.63. The number of nitrogens with one attached hydrogen (secondary N) is 1. The fourth-order valence-corrected chi connectivity index (χ4v) is 2.87. The van der Waals surface area contributed by atoms with E-state index in [0.29, 0.717) is 0 Å². The zero-order valence-electron chi connectivity index (χ0n) is 13.6. The van der Waals surface area contributed by atoms with Crippen LogP contribution in [0.4, 0.5) is 0 Å². The van der Waals surface area contributed by atoms with Crippen LogP contribution in [-0.2, 0) is 0 Å². The topological polar surface area (TPSA) is 12.0 Å². The molecule has 0 spiro atoms. The summed E-state index contributed by atoms with van der Waals surface area (Å²) in [5.74, 6) is 2.68. The van der Waals surface area contributed by atoms with E-state index in [0.717, 1.165) is 17.8 Å². The molecule has 0 aliphatic heterocycles. The van der Waals surface area contributed by atoms with E-state index < -0.39 is 0 Å². The molecule has 0 aromatic heterocycles. The predicted molar refractivity (Wildman–Crippen MR) is 84.0 cm³/mol. The molecule has 0 aromatic rings. The van der Waals surface area contributed by atoms with E-state index in [9.17, 15) is 0 Å². The first-order valence-electron chi connectivity index (χ1n) is 8.34. The van der Waals surface area contributed by atoms with Gasteiger partial charge >= 0.3 is 0 Å². The molecule has 1 N–H and O–H groups in total. The van der Waals surface area contributed by atoms with Gasteiger partial charge in [0, 0.05) is 0 Å². The zero-order chi connectivity index (χ0) is 13.8. The molecule has 2 atom stereocenters. The van der Waals surface area contributed by atoms with Gasteiger partial charge in [0.1, 0.15) is 0 Å². The summed E-state index contributed by atoms with van der Waals surface area (Å²) < 4.78 is 0. The van der Waals surface area contributed by atoms with Gasteiger partial charge in [0.05, 0.1) is 0 Å². The summed E-state index contributed by atoms with van der Waals surface area (Å²) in [7, 11) is 0. The van der Waals surface area contributed by atoms with Gasteiger partial charge in [-0.1, -0.05) is 60.3 Å². The van der Waals surface area contributed by atoms with Crippen LogP contribution in [0.2, 0.25) is 0 Å². The Morgan fingerprint density at radius 2 is 1.61 bits per heavy atom. The number of rotatable bonds is 12. The highest BCUT2D eigenvalue weighted by Gasteiger charge is 2.16. The third-order valence-corrected chi connectivity index (χ3v) is 3.87. The molecule has 0 rings (SSSR count). The van der Waals surface area contributed by atoms with Crippen molar-refractivity contribution in [3.05, 3.63) is 0 Å². The van der Waals surface area contributed by atoms with Crippen molar-refractivity contribution in [3.8, 4) is 0 Å². The molecular weight excluding hydrogens is 218 g/mol. The van der Waals surface area contributed by atoms with Crippen molar-refractivity contribution in [2.75, 3.05) is 13.1 Å². The van der Waals surface area contributed by atoms with Crippen molar-refractivity contribution in [1.82, 2.24) is 5.32 Å². The lowest BCUT2D eigenvalue weighted by Gasteiger charge is -2.24. The average Bonchev–Trinajstić information content (AvgIpc) is 2.33. The van der Waals surface area contributed by atoms with E-state index in [-0.39, 0.29) is 0 Å². The summed E-state index contributed by atoms with van der Waals surface area (Å²) in [4.78, 5) is 0. The average molecular weight is 255 g/mol. The molecule has 1 nitrogen and oxygen atoms in total. The first kappa shape index (κ1) is 18.0. The van der Waals surface area contributed by atoms with E-state index in [1.54, 1.807) is 0 Å². The molecule has 0 amide bonds. The molecule has 1 heteroatoms. The summed E-state index contributed by atoms with van der Waals surface area (Å²) in [6.45, 7) is 14.1. The van der Waals surface area contributed by atoms with Crippen LogP contribution in [0.5, 0.6) is 0 Å². The normalized spacial score (nSPS) is 15.0. The molecule has 0 bridgehead atoms. The Hall–Kier alpha value is -0.0400. The molecule has 18 heavy (non-hydrogen) atoms. The quantitative estimate of drug-likeness (QED) is 0.469. The van der Waals surface area contributed by atoms with Crippen molar-refractivity contribution in [1.29, 1.82) is 0 Å². The number of hydrogen-bond acceptors (Lipinski definition) is 1. The first-order chi connectivity index (χ1) is 8.63. The zero-order valence-corrected chi connectivity index (χ0v) is 13.6. The molecule has 0 saturated heterocycles. The lowest BCUT2D eigenvalue weighted by Crippen LogP contribution is -2.26.